The largest absolute Gasteiger partial charge is 0.464 e. The second-order valence-corrected chi connectivity index (χ2v) is 8.17. The summed E-state index contributed by atoms with van der Waals surface area (Å²) in [7, 11) is 0. The lowest BCUT2D eigenvalue weighted by atomic mass is 10.0. The molecular formula is C25H28N2O5. The molecule has 1 N–H and O–H groups in total. The fourth-order valence-electron chi connectivity index (χ4n) is 3.83. The normalized spacial score (nSPS) is 14.8. The lowest BCUT2D eigenvalue weighted by Gasteiger charge is -2.28. The molecule has 3 rings (SSSR count). The van der Waals surface area contributed by atoms with Crippen molar-refractivity contribution in [2.75, 3.05) is 6.61 Å². The fraction of sp³-hybridized carbons (Fsp3) is 0.360. The summed E-state index contributed by atoms with van der Waals surface area (Å²) in [6, 6.07) is 13.7. The average molecular weight is 437 g/mol. The number of esters is 1. The van der Waals surface area contributed by atoms with Crippen LogP contribution in [0.4, 0.5) is 0 Å². The van der Waals surface area contributed by atoms with Crippen molar-refractivity contribution in [1.82, 2.24) is 10.2 Å². The van der Waals surface area contributed by atoms with Crippen LogP contribution in [0, 0.1) is 5.92 Å². The SMILES string of the molecule is CCOC(=O)C(CC(C)C)NC(=O)C(Cc1ccccc1)N1C(=O)c2ccccc2C1=O. The molecule has 3 amide bonds. The number of amides is 3. The monoisotopic (exact) mass is 436 g/mol. The van der Waals surface area contributed by atoms with Crippen molar-refractivity contribution in [1.29, 1.82) is 0 Å². The summed E-state index contributed by atoms with van der Waals surface area (Å²) >= 11 is 0. The molecule has 0 fully saturated rings. The van der Waals surface area contributed by atoms with Gasteiger partial charge in [0, 0.05) is 6.42 Å². The van der Waals surface area contributed by atoms with Gasteiger partial charge in [0.1, 0.15) is 12.1 Å². The van der Waals surface area contributed by atoms with E-state index in [4.69, 9.17) is 4.74 Å². The second-order valence-electron chi connectivity index (χ2n) is 8.17. The number of rotatable bonds is 9. The van der Waals surface area contributed by atoms with E-state index in [1.807, 2.05) is 44.2 Å². The highest BCUT2D eigenvalue weighted by Gasteiger charge is 2.43. The number of hydrogen-bond donors (Lipinski definition) is 1. The molecule has 7 heteroatoms. The van der Waals surface area contributed by atoms with Gasteiger partial charge in [-0.3, -0.25) is 19.3 Å². The van der Waals surface area contributed by atoms with Gasteiger partial charge < -0.3 is 10.1 Å². The van der Waals surface area contributed by atoms with Gasteiger partial charge in [-0.25, -0.2) is 4.79 Å². The Labute approximate surface area is 187 Å². The highest BCUT2D eigenvalue weighted by atomic mass is 16.5. The van der Waals surface area contributed by atoms with E-state index in [9.17, 15) is 19.2 Å². The molecule has 2 atom stereocenters. The lowest BCUT2D eigenvalue weighted by Crippen LogP contribution is -2.54. The zero-order chi connectivity index (χ0) is 23.3. The molecule has 0 bridgehead atoms. The Morgan fingerprint density at radius 1 is 0.938 bits per heavy atom. The zero-order valence-electron chi connectivity index (χ0n) is 18.5. The van der Waals surface area contributed by atoms with Crippen LogP contribution in [0.15, 0.2) is 54.6 Å². The van der Waals surface area contributed by atoms with E-state index >= 15 is 0 Å². The van der Waals surface area contributed by atoms with Crippen LogP contribution in [0.2, 0.25) is 0 Å². The van der Waals surface area contributed by atoms with E-state index in [2.05, 4.69) is 5.32 Å². The Morgan fingerprint density at radius 3 is 2.03 bits per heavy atom. The van der Waals surface area contributed by atoms with E-state index in [0.717, 1.165) is 10.5 Å². The van der Waals surface area contributed by atoms with Crippen molar-refractivity contribution in [3.63, 3.8) is 0 Å². The number of carbonyl (C=O) groups excluding carboxylic acids is 4. The first-order valence-electron chi connectivity index (χ1n) is 10.8. The predicted molar refractivity (Wildman–Crippen MR) is 119 cm³/mol. The summed E-state index contributed by atoms with van der Waals surface area (Å²) in [6.45, 7) is 5.76. The summed E-state index contributed by atoms with van der Waals surface area (Å²) in [5.41, 5.74) is 1.33. The first-order valence-corrected chi connectivity index (χ1v) is 10.8. The molecule has 7 nitrogen and oxygen atoms in total. The molecule has 1 heterocycles. The number of hydrogen-bond acceptors (Lipinski definition) is 5. The molecule has 0 aliphatic carbocycles. The van der Waals surface area contributed by atoms with Crippen LogP contribution >= 0.6 is 0 Å². The number of fused-ring (bicyclic) bond motifs is 1. The Hall–Kier alpha value is -3.48. The summed E-state index contributed by atoms with van der Waals surface area (Å²) in [4.78, 5) is 53.0. The van der Waals surface area contributed by atoms with Crippen LogP contribution in [-0.4, -0.2) is 47.3 Å². The van der Waals surface area contributed by atoms with Gasteiger partial charge in [0.05, 0.1) is 17.7 Å². The second kappa shape index (κ2) is 10.2. The van der Waals surface area contributed by atoms with Gasteiger partial charge >= 0.3 is 5.97 Å². The van der Waals surface area contributed by atoms with Gasteiger partial charge in [-0.05, 0) is 37.0 Å². The van der Waals surface area contributed by atoms with Crippen LogP contribution in [0.5, 0.6) is 0 Å². The Morgan fingerprint density at radius 2 is 1.50 bits per heavy atom. The molecule has 168 valence electrons. The van der Waals surface area contributed by atoms with Crippen molar-refractivity contribution >= 4 is 23.7 Å². The van der Waals surface area contributed by atoms with Crippen LogP contribution in [0.3, 0.4) is 0 Å². The quantitative estimate of drug-likeness (QED) is 0.482. The first-order chi connectivity index (χ1) is 15.3. The fourth-order valence-corrected chi connectivity index (χ4v) is 3.83. The summed E-state index contributed by atoms with van der Waals surface area (Å²) in [6.07, 6.45) is 0.514. The van der Waals surface area contributed by atoms with Gasteiger partial charge in [-0.1, -0.05) is 56.3 Å². The molecule has 1 aliphatic heterocycles. The van der Waals surface area contributed by atoms with Crippen molar-refractivity contribution in [3.05, 3.63) is 71.3 Å². The van der Waals surface area contributed by atoms with Crippen LogP contribution < -0.4 is 5.32 Å². The molecule has 0 aromatic heterocycles. The highest BCUT2D eigenvalue weighted by Crippen LogP contribution is 2.26. The predicted octanol–water partition coefficient (Wildman–Crippen LogP) is 2.99. The number of imide groups is 1. The van der Waals surface area contributed by atoms with Crippen LogP contribution in [0.25, 0.3) is 0 Å². The van der Waals surface area contributed by atoms with Gasteiger partial charge in [0.2, 0.25) is 5.91 Å². The van der Waals surface area contributed by atoms with E-state index in [-0.39, 0.29) is 30.1 Å². The van der Waals surface area contributed by atoms with Gasteiger partial charge in [0.15, 0.2) is 0 Å². The maximum absolute atomic E-state index is 13.4. The Bertz CT molecular complexity index is 967. The minimum Gasteiger partial charge on any atom is -0.464 e. The third-order valence-corrected chi connectivity index (χ3v) is 5.31. The maximum atomic E-state index is 13.4. The van der Waals surface area contributed by atoms with Crippen molar-refractivity contribution in [2.45, 2.75) is 45.7 Å². The minimum atomic E-state index is -1.10. The van der Waals surface area contributed by atoms with E-state index in [1.165, 1.54) is 0 Å². The van der Waals surface area contributed by atoms with E-state index < -0.39 is 35.8 Å². The van der Waals surface area contributed by atoms with Crippen molar-refractivity contribution in [2.24, 2.45) is 5.92 Å². The topological polar surface area (TPSA) is 92.8 Å². The number of carbonyl (C=O) groups is 4. The summed E-state index contributed by atoms with van der Waals surface area (Å²) < 4.78 is 5.12. The molecule has 0 saturated carbocycles. The van der Waals surface area contributed by atoms with Gasteiger partial charge in [-0.15, -0.1) is 0 Å². The molecule has 0 radical (unpaired) electrons. The molecule has 2 aromatic rings. The molecular weight excluding hydrogens is 408 g/mol. The van der Waals surface area contributed by atoms with Crippen LogP contribution in [0.1, 0.15) is 53.5 Å². The average Bonchev–Trinajstić information content (AvgIpc) is 3.02. The Balaban J connectivity index is 1.92. The maximum Gasteiger partial charge on any atom is 0.328 e. The van der Waals surface area contributed by atoms with E-state index in [1.54, 1.807) is 31.2 Å². The molecule has 32 heavy (non-hydrogen) atoms. The van der Waals surface area contributed by atoms with E-state index in [0.29, 0.717) is 6.42 Å². The smallest absolute Gasteiger partial charge is 0.328 e. The number of ether oxygens (including phenoxy) is 1. The zero-order valence-corrected chi connectivity index (χ0v) is 18.5. The first kappa shape index (κ1) is 23.2. The van der Waals surface area contributed by atoms with Gasteiger partial charge in [-0.2, -0.15) is 0 Å². The van der Waals surface area contributed by atoms with Crippen molar-refractivity contribution < 1.29 is 23.9 Å². The third-order valence-electron chi connectivity index (χ3n) is 5.31. The molecule has 2 aromatic carbocycles. The highest BCUT2D eigenvalue weighted by molar-refractivity contribution is 6.22. The number of nitrogens with one attached hydrogen (secondary N) is 1. The number of benzene rings is 2. The molecule has 1 aliphatic rings. The lowest BCUT2D eigenvalue weighted by molar-refractivity contribution is -0.148. The Kier molecular flexibility index (Phi) is 7.41. The minimum absolute atomic E-state index is 0.122. The van der Waals surface area contributed by atoms with Gasteiger partial charge in [0.25, 0.3) is 11.8 Å². The molecule has 0 saturated heterocycles. The summed E-state index contributed by atoms with van der Waals surface area (Å²) in [5.74, 6) is -2.01. The standard InChI is InChI=1S/C25H28N2O5/c1-4-32-25(31)20(14-16(2)3)26-22(28)21(15-17-10-6-5-7-11-17)27-23(29)18-12-8-9-13-19(18)24(27)30/h5-13,16,20-21H,4,14-15H2,1-3H3,(H,26,28). The third kappa shape index (κ3) is 5.04. The van der Waals surface area contributed by atoms with Crippen LogP contribution in [-0.2, 0) is 20.7 Å². The molecule has 0 spiro atoms. The molecule has 2 unspecified atom stereocenters. The number of nitrogens with zero attached hydrogens (tertiary/aromatic N) is 1. The summed E-state index contributed by atoms with van der Waals surface area (Å²) in [5, 5.41) is 2.74. The van der Waals surface area contributed by atoms with Crippen molar-refractivity contribution in [3.8, 4) is 0 Å².